The summed E-state index contributed by atoms with van der Waals surface area (Å²) in [6.45, 7) is 1.85. The van der Waals surface area contributed by atoms with E-state index in [1.165, 1.54) is 0 Å². The normalized spacial score (nSPS) is 17.9. The highest BCUT2D eigenvalue weighted by atomic mass is 16.5. The Morgan fingerprint density at radius 1 is 1.41 bits per heavy atom. The van der Waals surface area contributed by atoms with Crippen molar-refractivity contribution in [2.45, 2.75) is 25.4 Å². The second-order valence-corrected chi connectivity index (χ2v) is 5.37. The molecule has 0 saturated carbocycles. The summed E-state index contributed by atoms with van der Waals surface area (Å²) in [5.41, 5.74) is 1.88. The molecule has 1 atom stereocenters. The van der Waals surface area contributed by atoms with E-state index in [4.69, 9.17) is 4.74 Å². The molecule has 0 bridgehead atoms. The fourth-order valence-corrected chi connectivity index (χ4v) is 2.74. The summed E-state index contributed by atoms with van der Waals surface area (Å²) in [5.74, 6) is 0.0458. The number of hydrogen-bond donors (Lipinski definition) is 2. The predicted octanol–water partition coefficient (Wildman–Crippen LogP) is 1.69. The van der Waals surface area contributed by atoms with Crippen LogP contribution >= 0.6 is 0 Å². The highest BCUT2D eigenvalue weighted by molar-refractivity contribution is 5.74. The smallest absolute Gasteiger partial charge is 0.321 e. The van der Waals surface area contributed by atoms with Gasteiger partial charge in [-0.1, -0.05) is 18.2 Å². The molecule has 1 aliphatic rings. The predicted molar refractivity (Wildman–Crippen MR) is 80.7 cm³/mol. The standard InChI is InChI=1S/C16H19N3O3/c20-16(21)15-9-13-14(18-11-17-13)10-19(15)7-4-8-22-12-5-2-1-3-6-12/h1-3,5-6,11,15H,4,7-10H2,(H,17,18)(H,20,21). The van der Waals surface area contributed by atoms with Crippen LogP contribution in [0.25, 0.3) is 0 Å². The Bertz CT molecular complexity index is 627. The lowest BCUT2D eigenvalue weighted by Gasteiger charge is -2.32. The van der Waals surface area contributed by atoms with Gasteiger partial charge in [-0.3, -0.25) is 9.69 Å². The summed E-state index contributed by atoms with van der Waals surface area (Å²) >= 11 is 0. The molecule has 22 heavy (non-hydrogen) atoms. The molecule has 0 fully saturated rings. The molecule has 116 valence electrons. The average Bonchev–Trinajstić information content (AvgIpc) is 2.99. The first kappa shape index (κ1) is 14.6. The Morgan fingerprint density at radius 2 is 2.23 bits per heavy atom. The van der Waals surface area contributed by atoms with Gasteiger partial charge >= 0.3 is 5.97 Å². The highest BCUT2D eigenvalue weighted by Gasteiger charge is 2.32. The second-order valence-electron chi connectivity index (χ2n) is 5.37. The van der Waals surface area contributed by atoms with Crippen LogP contribution in [0.3, 0.4) is 0 Å². The summed E-state index contributed by atoms with van der Waals surface area (Å²) in [4.78, 5) is 20.7. The van der Waals surface area contributed by atoms with Gasteiger partial charge in [0.15, 0.2) is 0 Å². The van der Waals surface area contributed by atoms with Gasteiger partial charge in [0.25, 0.3) is 0 Å². The summed E-state index contributed by atoms with van der Waals surface area (Å²) in [6.07, 6.45) is 2.86. The zero-order chi connectivity index (χ0) is 15.4. The highest BCUT2D eigenvalue weighted by Crippen LogP contribution is 2.21. The third-order valence-corrected chi connectivity index (χ3v) is 3.88. The Kier molecular flexibility index (Phi) is 4.39. The Morgan fingerprint density at radius 3 is 3.00 bits per heavy atom. The molecule has 0 amide bonds. The fraction of sp³-hybridized carbons (Fsp3) is 0.375. The zero-order valence-electron chi connectivity index (χ0n) is 12.2. The third kappa shape index (κ3) is 3.28. The number of rotatable bonds is 6. The Balaban J connectivity index is 1.53. The van der Waals surface area contributed by atoms with Crippen LogP contribution in [0.4, 0.5) is 0 Å². The van der Waals surface area contributed by atoms with Gasteiger partial charge in [0.05, 0.1) is 24.3 Å². The lowest BCUT2D eigenvalue weighted by molar-refractivity contribution is -0.144. The van der Waals surface area contributed by atoms with Gasteiger partial charge in [0.1, 0.15) is 11.8 Å². The molecule has 0 spiro atoms. The molecular formula is C16H19N3O3. The number of hydrogen-bond acceptors (Lipinski definition) is 4. The van der Waals surface area contributed by atoms with Crippen LogP contribution in [-0.2, 0) is 17.8 Å². The quantitative estimate of drug-likeness (QED) is 0.794. The van der Waals surface area contributed by atoms with E-state index >= 15 is 0 Å². The first-order valence-corrected chi connectivity index (χ1v) is 7.40. The van der Waals surface area contributed by atoms with Gasteiger partial charge in [-0.15, -0.1) is 0 Å². The van der Waals surface area contributed by atoms with Crippen molar-refractivity contribution in [3.8, 4) is 5.75 Å². The van der Waals surface area contributed by atoms with E-state index in [0.29, 0.717) is 26.1 Å². The second kappa shape index (κ2) is 6.62. The van der Waals surface area contributed by atoms with Gasteiger partial charge in [0.2, 0.25) is 0 Å². The third-order valence-electron chi connectivity index (χ3n) is 3.88. The van der Waals surface area contributed by atoms with Crippen molar-refractivity contribution in [2.24, 2.45) is 0 Å². The molecular weight excluding hydrogens is 282 g/mol. The number of carbonyl (C=O) groups is 1. The molecule has 2 heterocycles. The topological polar surface area (TPSA) is 78.4 Å². The number of imidazole rings is 1. The minimum Gasteiger partial charge on any atom is -0.494 e. The minimum atomic E-state index is -0.794. The molecule has 6 heteroatoms. The fourth-order valence-electron chi connectivity index (χ4n) is 2.74. The van der Waals surface area contributed by atoms with Gasteiger partial charge in [-0.05, 0) is 18.6 Å². The first-order chi connectivity index (χ1) is 10.7. The molecule has 3 rings (SSSR count). The number of aromatic amines is 1. The van der Waals surface area contributed by atoms with E-state index in [2.05, 4.69) is 9.97 Å². The molecule has 0 aliphatic carbocycles. The van der Waals surface area contributed by atoms with E-state index in [9.17, 15) is 9.90 Å². The molecule has 0 saturated heterocycles. The SMILES string of the molecule is O=C(O)C1Cc2nc[nH]c2CN1CCCOc1ccccc1. The first-order valence-electron chi connectivity index (χ1n) is 7.40. The van der Waals surface area contributed by atoms with Crippen LogP contribution in [0, 0.1) is 0 Å². The number of fused-ring (bicyclic) bond motifs is 1. The number of nitrogens with one attached hydrogen (secondary N) is 1. The number of H-pyrrole nitrogens is 1. The number of para-hydroxylation sites is 1. The summed E-state index contributed by atoms with van der Waals surface area (Å²) < 4.78 is 5.65. The number of nitrogens with zero attached hydrogens (tertiary/aromatic N) is 2. The van der Waals surface area contributed by atoms with Gasteiger partial charge < -0.3 is 14.8 Å². The van der Waals surface area contributed by atoms with E-state index in [1.807, 2.05) is 35.2 Å². The van der Waals surface area contributed by atoms with Crippen molar-refractivity contribution < 1.29 is 14.6 Å². The van der Waals surface area contributed by atoms with Crippen LogP contribution in [0.15, 0.2) is 36.7 Å². The van der Waals surface area contributed by atoms with Gasteiger partial charge in [-0.25, -0.2) is 4.98 Å². The average molecular weight is 301 g/mol. The van der Waals surface area contributed by atoms with Crippen LogP contribution in [0.5, 0.6) is 5.75 Å². The monoisotopic (exact) mass is 301 g/mol. The summed E-state index contributed by atoms with van der Waals surface area (Å²) in [6, 6.07) is 9.13. The molecule has 1 aliphatic heterocycles. The molecule has 6 nitrogen and oxygen atoms in total. The van der Waals surface area contributed by atoms with Crippen molar-refractivity contribution in [1.29, 1.82) is 0 Å². The maximum absolute atomic E-state index is 11.4. The number of benzene rings is 1. The summed E-state index contributed by atoms with van der Waals surface area (Å²) in [7, 11) is 0. The van der Waals surface area contributed by atoms with Crippen LogP contribution in [0.2, 0.25) is 0 Å². The lowest BCUT2D eigenvalue weighted by atomic mass is 10.0. The number of carboxylic acid groups (broad SMARTS) is 1. The largest absolute Gasteiger partial charge is 0.494 e. The van der Waals surface area contributed by atoms with E-state index in [0.717, 1.165) is 23.6 Å². The van der Waals surface area contributed by atoms with Crippen LogP contribution < -0.4 is 4.74 Å². The summed E-state index contributed by atoms with van der Waals surface area (Å²) in [5, 5.41) is 9.40. The van der Waals surface area contributed by atoms with Gasteiger partial charge in [-0.2, -0.15) is 0 Å². The van der Waals surface area contributed by atoms with Crippen molar-refractivity contribution in [1.82, 2.24) is 14.9 Å². The molecule has 0 radical (unpaired) electrons. The molecule has 1 aromatic heterocycles. The number of carboxylic acids is 1. The van der Waals surface area contributed by atoms with Gasteiger partial charge in [0, 0.05) is 19.5 Å². The molecule has 1 aromatic carbocycles. The van der Waals surface area contributed by atoms with Crippen molar-refractivity contribution in [3.05, 3.63) is 48.0 Å². The van der Waals surface area contributed by atoms with E-state index < -0.39 is 12.0 Å². The zero-order valence-corrected chi connectivity index (χ0v) is 12.2. The Hall–Kier alpha value is -2.34. The van der Waals surface area contributed by atoms with E-state index in [1.54, 1.807) is 6.33 Å². The van der Waals surface area contributed by atoms with Crippen molar-refractivity contribution in [2.75, 3.05) is 13.2 Å². The van der Waals surface area contributed by atoms with Crippen LogP contribution in [0.1, 0.15) is 17.8 Å². The maximum Gasteiger partial charge on any atom is 0.321 e. The lowest BCUT2D eigenvalue weighted by Crippen LogP contribution is -2.46. The maximum atomic E-state index is 11.4. The van der Waals surface area contributed by atoms with Crippen LogP contribution in [-0.4, -0.2) is 45.1 Å². The number of aliphatic carboxylic acids is 1. The minimum absolute atomic E-state index is 0.452. The molecule has 2 N–H and O–H groups in total. The van der Waals surface area contributed by atoms with E-state index in [-0.39, 0.29) is 0 Å². The molecule has 2 aromatic rings. The van der Waals surface area contributed by atoms with Crippen molar-refractivity contribution >= 4 is 5.97 Å². The number of aromatic nitrogens is 2. The Labute approximate surface area is 128 Å². The molecule has 1 unspecified atom stereocenters. The number of ether oxygens (including phenoxy) is 1. The van der Waals surface area contributed by atoms with Crippen molar-refractivity contribution in [3.63, 3.8) is 0 Å².